The maximum absolute atomic E-state index is 13.4. The van der Waals surface area contributed by atoms with Gasteiger partial charge in [-0.15, -0.1) is 0 Å². The Hall–Kier alpha value is -1.75. The van der Waals surface area contributed by atoms with Crippen LogP contribution in [0, 0.1) is 6.92 Å². The number of hydrogen-bond acceptors (Lipinski definition) is 3. The zero-order chi connectivity index (χ0) is 19.4. The van der Waals surface area contributed by atoms with E-state index < -0.39 is 5.41 Å². The number of benzene rings is 2. The van der Waals surface area contributed by atoms with Gasteiger partial charge in [-0.2, -0.15) is 0 Å². The molecule has 1 aliphatic heterocycles. The maximum Gasteiger partial charge on any atom is 0.235 e. The number of carbonyl (C=O) groups is 1. The smallest absolute Gasteiger partial charge is 0.235 e. The molecule has 3 rings (SSSR count). The van der Waals surface area contributed by atoms with Gasteiger partial charge in [0.15, 0.2) is 0 Å². The predicted octanol–water partition coefficient (Wildman–Crippen LogP) is 5.39. The van der Waals surface area contributed by atoms with Gasteiger partial charge in [0.25, 0.3) is 0 Å². The summed E-state index contributed by atoms with van der Waals surface area (Å²) < 4.78 is 11.1. The van der Waals surface area contributed by atoms with Crippen molar-refractivity contribution >= 4 is 34.8 Å². The van der Waals surface area contributed by atoms with Crippen LogP contribution in [0.5, 0.6) is 5.75 Å². The SMILES string of the molecule is CCOc1ccc(NC(=O)C2(c3ccc(Cl)cc3Cl)CCOCC2)cc1C. The molecule has 0 spiro atoms. The molecule has 1 saturated heterocycles. The minimum atomic E-state index is -0.744. The molecule has 0 unspecified atom stereocenters. The van der Waals surface area contributed by atoms with Crippen molar-refractivity contribution in [3.63, 3.8) is 0 Å². The summed E-state index contributed by atoms with van der Waals surface area (Å²) in [7, 11) is 0. The van der Waals surface area contributed by atoms with Gasteiger partial charge in [-0.1, -0.05) is 29.3 Å². The summed E-state index contributed by atoms with van der Waals surface area (Å²) >= 11 is 12.5. The number of ether oxygens (including phenoxy) is 2. The number of halogens is 2. The lowest BCUT2D eigenvalue weighted by Gasteiger charge is -2.37. The molecule has 144 valence electrons. The van der Waals surface area contributed by atoms with Crippen molar-refractivity contribution in [3.8, 4) is 5.75 Å². The maximum atomic E-state index is 13.4. The average molecular weight is 408 g/mol. The molecule has 27 heavy (non-hydrogen) atoms. The fraction of sp³-hybridized carbons (Fsp3) is 0.381. The highest BCUT2D eigenvalue weighted by Crippen LogP contribution is 2.40. The van der Waals surface area contributed by atoms with Gasteiger partial charge in [-0.3, -0.25) is 4.79 Å². The summed E-state index contributed by atoms with van der Waals surface area (Å²) in [4.78, 5) is 13.4. The summed E-state index contributed by atoms with van der Waals surface area (Å²) in [6.07, 6.45) is 1.13. The summed E-state index contributed by atoms with van der Waals surface area (Å²) in [5, 5.41) is 4.11. The van der Waals surface area contributed by atoms with E-state index in [9.17, 15) is 4.79 Å². The molecule has 0 aliphatic carbocycles. The van der Waals surface area contributed by atoms with Crippen LogP contribution in [-0.2, 0) is 14.9 Å². The van der Waals surface area contributed by atoms with Crippen LogP contribution >= 0.6 is 23.2 Å². The minimum absolute atomic E-state index is 0.0846. The quantitative estimate of drug-likeness (QED) is 0.722. The van der Waals surface area contributed by atoms with Crippen LogP contribution in [0.25, 0.3) is 0 Å². The van der Waals surface area contributed by atoms with Gasteiger partial charge in [-0.05, 0) is 68.1 Å². The van der Waals surface area contributed by atoms with Crippen LogP contribution in [0.2, 0.25) is 10.0 Å². The van der Waals surface area contributed by atoms with Crippen molar-refractivity contribution in [3.05, 3.63) is 57.6 Å². The lowest BCUT2D eigenvalue weighted by atomic mass is 9.73. The first-order valence-electron chi connectivity index (χ1n) is 9.04. The number of anilines is 1. The molecule has 2 aromatic rings. The van der Waals surface area contributed by atoms with E-state index in [0.29, 0.717) is 42.7 Å². The first kappa shape index (κ1) is 20.0. The Balaban J connectivity index is 1.91. The fourth-order valence-electron chi connectivity index (χ4n) is 3.51. The molecule has 1 heterocycles. The van der Waals surface area contributed by atoms with E-state index in [-0.39, 0.29) is 5.91 Å². The summed E-state index contributed by atoms with van der Waals surface area (Å²) in [5.74, 6) is 0.732. The number of carbonyl (C=O) groups excluding carboxylic acids is 1. The zero-order valence-corrected chi connectivity index (χ0v) is 17.0. The van der Waals surface area contributed by atoms with Crippen molar-refractivity contribution < 1.29 is 14.3 Å². The highest BCUT2D eigenvalue weighted by Gasteiger charge is 2.43. The first-order chi connectivity index (χ1) is 13.0. The highest BCUT2D eigenvalue weighted by molar-refractivity contribution is 6.35. The molecule has 1 N–H and O–H groups in total. The Morgan fingerprint density at radius 3 is 2.56 bits per heavy atom. The van der Waals surface area contributed by atoms with E-state index in [4.69, 9.17) is 32.7 Å². The zero-order valence-electron chi connectivity index (χ0n) is 15.5. The predicted molar refractivity (Wildman–Crippen MR) is 109 cm³/mol. The van der Waals surface area contributed by atoms with Crippen LogP contribution < -0.4 is 10.1 Å². The second-order valence-electron chi connectivity index (χ2n) is 6.69. The first-order valence-corrected chi connectivity index (χ1v) is 9.80. The minimum Gasteiger partial charge on any atom is -0.494 e. The fourth-order valence-corrected chi connectivity index (χ4v) is 4.10. The molecule has 0 bridgehead atoms. The molecule has 1 aliphatic rings. The van der Waals surface area contributed by atoms with Crippen molar-refractivity contribution in [1.82, 2.24) is 0 Å². The third kappa shape index (κ3) is 4.23. The standard InChI is InChI=1S/C21H23Cl2NO3/c1-3-27-19-7-5-16(12-14(19)2)24-20(25)21(8-10-26-11-9-21)17-6-4-15(22)13-18(17)23/h4-7,12-13H,3,8-11H2,1-2H3,(H,24,25). The lowest BCUT2D eigenvalue weighted by molar-refractivity contribution is -0.125. The van der Waals surface area contributed by atoms with E-state index >= 15 is 0 Å². The van der Waals surface area contributed by atoms with Crippen LogP contribution in [0.15, 0.2) is 36.4 Å². The summed E-state index contributed by atoms with van der Waals surface area (Å²) in [6.45, 7) is 5.52. The summed E-state index contributed by atoms with van der Waals surface area (Å²) in [5.41, 5.74) is 1.75. The van der Waals surface area contributed by atoms with Crippen molar-refractivity contribution in [2.75, 3.05) is 25.1 Å². The molecule has 1 fully saturated rings. The molecular formula is C21H23Cl2NO3. The summed E-state index contributed by atoms with van der Waals surface area (Å²) in [6, 6.07) is 10.9. The van der Waals surface area contributed by atoms with Crippen LogP contribution in [0.4, 0.5) is 5.69 Å². The Kier molecular flexibility index (Phi) is 6.30. The van der Waals surface area contributed by atoms with Gasteiger partial charge in [0.1, 0.15) is 5.75 Å². The molecule has 0 saturated carbocycles. The number of amides is 1. The van der Waals surface area contributed by atoms with E-state index in [1.165, 1.54) is 0 Å². The van der Waals surface area contributed by atoms with Gasteiger partial charge in [0.05, 0.1) is 12.0 Å². The number of aryl methyl sites for hydroxylation is 1. The van der Waals surface area contributed by atoms with Crippen molar-refractivity contribution in [2.24, 2.45) is 0 Å². The van der Waals surface area contributed by atoms with Gasteiger partial charge in [0.2, 0.25) is 5.91 Å². The molecule has 1 amide bonds. The third-order valence-corrected chi connectivity index (χ3v) is 5.51. The van der Waals surface area contributed by atoms with Gasteiger partial charge in [0, 0.05) is 28.9 Å². The van der Waals surface area contributed by atoms with Crippen molar-refractivity contribution in [1.29, 1.82) is 0 Å². The highest BCUT2D eigenvalue weighted by atomic mass is 35.5. The molecule has 2 aromatic carbocycles. The molecule has 0 aromatic heterocycles. The number of hydrogen-bond donors (Lipinski definition) is 1. The second kappa shape index (κ2) is 8.51. The van der Waals surface area contributed by atoms with E-state index in [1.807, 2.05) is 38.1 Å². The topological polar surface area (TPSA) is 47.6 Å². The Morgan fingerprint density at radius 2 is 1.93 bits per heavy atom. The molecule has 6 heteroatoms. The van der Waals surface area contributed by atoms with Crippen LogP contribution in [0.1, 0.15) is 30.9 Å². The monoisotopic (exact) mass is 407 g/mol. The van der Waals surface area contributed by atoms with Crippen molar-refractivity contribution in [2.45, 2.75) is 32.1 Å². The largest absolute Gasteiger partial charge is 0.494 e. The van der Waals surface area contributed by atoms with Gasteiger partial charge < -0.3 is 14.8 Å². The van der Waals surface area contributed by atoms with E-state index in [1.54, 1.807) is 12.1 Å². The Bertz CT molecular complexity index is 832. The molecule has 0 radical (unpaired) electrons. The second-order valence-corrected chi connectivity index (χ2v) is 7.53. The number of nitrogens with one attached hydrogen (secondary N) is 1. The molecular weight excluding hydrogens is 385 g/mol. The van der Waals surface area contributed by atoms with Gasteiger partial charge in [-0.25, -0.2) is 0 Å². The molecule has 0 atom stereocenters. The molecule has 4 nitrogen and oxygen atoms in total. The van der Waals surface area contributed by atoms with E-state index in [2.05, 4.69) is 5.32 Å². The number of rotatable bonds is 5. The van der Waals surface area contributed by atoms with Crippen LogP contribution in [0.3, 0.4) is 0 Å². The normalized spacial score (nSPS) is 16.0. The average Bonchev–Trinajstić information content (AvgIpc) is 2.64. The third-order valence-electron chi connectivity index (χ3n) is 4.96. The van der Waals surface area contributed by atoms with Crippen LogP contribution in [-0.4, -0.2) is 25.7 Å². The van der Waals surface area contributed by atoms with E-state index in [0.717, 1.165) is 22.6 Å². The van der Waals surface area contributed by atoms with Gasteiger partial charge >= 0.3 is 0 Å². The Morgan fingerprint density at radius 1 is 1.19 bits per heavy atom. The lowest BCUT2D eigenvalue weighted by Crippen LogP contribution is -2.45. The Labute approximate surface area is 169 Å².